The molecule has 1 amide bonds. The molecule has 0 spiro atoms. The Hall–Kier alpha value is -1.59. The van der Waals surface area contributed by atoms with E-state index in [1.54, 1.807) is 6.08 Å². The number of nitrogens with one attached hydrogen (secondary N) is 1. The number of aliphatic hydroxyl groups excluding tert-OH is 5. The van der Waals surface area contributed by atoms with Crippen LogP contribution in [0.3, 0.4) is 0 Å². The van der Waals surface area contributed by atoms with Crippen LogP contribution in [0.2, 0.25) is 0 Å². The molecule has 86 heavy (non-hydrogen) atoms. The maximum absolute atomic E-state index is 13.1. The molecule has 9 nitrogen and oxygen atoms in total. The van der Waals surface area contributed by atoms with Gasteiger partial charge in [0, 0.05) is 6.42 Å². The Morgan fingerprint density at radius 2 is 0.663 bits per heavy atom. The lowest BCUT2D eigenvalue weighted by atomic mass is 9.99. The van der Waals surface area contributed by atoms with E-state index in [9.17, 15) is 30.3 Å². The summed E-state index contributed by atoms with van der Waals surface area (Å²) in [5.74, 6) is -0.179. The lowest BCUT2D eigenvalue weighted by Gasteiger charge is -2.40. The van der Waals surface area contributed by atoms with Gasteiger partial charge in [0.25, 0.3) is 0 Å². The topological polar surface area (TPSA) is 149 Å². The van der Waals surface area contributed by atoms with Crippen LogP contribution in [0.1, 0.15) is 393 Å². The van der Waals surface area contributed by atoms with Crippen molar-refractivity contribution < 1.29 is 39.8 Å². The average Bonchev–Trinajstić information content (AvgIpc) is 3.55. The van der Waals surface area contributed by atoms with Crippen molar-refractivity contribution in [1.82, 2.24) is 5.32 Å². The van der Waals surface area contributed by atoms with Crippen LogP contribution in [0.15, 0.2) is 36.5 Å². The molecule has 0 bridgehead atoms. The van der Waals surface area contributed by atoms with Crippen molar-refractivity contribution in [2.45, 2.75) is 436 Å². The van der Waals surface area contributed by atoms with Gasteiger partial charge in [-0.05, 0) is 57.8 Å². The maximum atomic E-state index is 13.1. The Morgan fingerprint density at radius 1 is 0.384 bits per heavy atom. The molecule has 1 rings (SSSR count). The molecule has 1 aliphatic heterocycles. The van der Waals surface area contributed by atoms with E-state index >= 15 is 0 Å². The van der Waals surface area contributed by atoms with Crippen LogP contribution in [-0.4, -0.2) is 87.5 Å². The fourth-order valence-electron chi connectivity index (χ4n) is 12.5. The number of hydrogen-bond donors (Lipinski definition) is 6. The normalized spacial score (nSPS) is 18.2. The fraction of sp³-hybridized carbons (Fsp3) is 0.909. The molecule has 0 aromatic rings. The third kappa shape index (κ3) is 54.2. The summed E-state index contributed by atoms with van der Waals surface area (Å²) in [7, 11) is 0. The van der Waals surface area contributed by atoms with Gasteiger partial charge in [0.15, 0.2) is 6.29 Å². The Bertz CT molecular complexity index is 1450. The van der Waals surface area contributed by atoms with Crippen molar-refractivity contribution in [1.29, 1.82) is 0 Å². The molecule has 0 radical (unpaired) electrons. The van der Waals surface area contributed by atoms with Gasteiger partial charge >= 0.3 is 0 Å². The summed E-state index contributed by atoms with van der Waals surface area (Å²) in [5, 5.41) is 54.8. The molecule has 0 aliphatic carbocycles. The molecular formula is C77H147NO8. The zero-order valence-corrected chi connectivity index (χ0v) is 57.1. The molecule has 508 valence electrons. The summed E-state index contributed by atoms with van der Waals surface area (Å²) in [6.07, 6.45) is 82.9. The summed E-state index contributed by atoms with van der Waals surface area (Å²) in [6.45, 7) is 3.83. The van der Waals surface area contributed by atoms with Gasteiger partial charge in [0.1, 0.15) is 24.4 Å². The SMILES string of the molecule is CCCCCCCCCCCCCCCCCCCC/C=C\CCCCCCCCCCCCCCCCCCCC(=O)NC(COC1OC(CO)C(O)C(O)C1O)C(O)/C=C/CC/C=C/CCCCCCCCCCCCCCCCCCCC. The number of amides is 1. The summed E-state index contributed by atoms with van der Waals surface area (Å²) < 4.78 is 11.3. The van der Waals surface area contributed by atoms with Gasteiger partial charge in [-0.1, -0.05) is 365 Å². The van der Waals surface area contributed by atoms with E-state index in [0.717, 1.165) is 38.5 Å². The van der Waals surface area contributed by atoms with Gasteiger partial charge in [-0.25, -0.2) is 0 Å². The first-order valence-electron chi connectivity index (χ1n) is 38.2. The summed E-state index contributed by atoms with van der Waals surface area (Å²) in [6, 6.07) is -0.822. The molecule has 1 aliphatic rings. The number of ether oxygens (including phenoxy) is 2. The highest BCUT2D eigenvalue weighted by Crippen LogP contribution is 2.24. The number of allylic oxidation sites excluding steroid dienone is 5. The Labute approximate surface area is 533 Å². The van der Waals surface area contributed by atoms with E-state index in [2.05, 4.69) is 43.5 Å². The minimum absolute atomic E-state index is 0.179. The lowest BCUT2D eigenvalue weighted by Crippen LogP contribution is -2.60. The van der Waals surface area contributed by atoms with Crippen molar-refractivity contribution in [2.24, 2.45) is 0 Å². The Morgan fingerprint density at radius 3 is 0.977 bits per heavy atom. The molecule has 0 aromatic heterocycles. The molecular weight excluding hydrogens is 1070 g/mol. The maximum Gasteiger partial charge on any atom is 0.220 e. The zero-order chi connectivity index (χ0) is 62.1. The van der Waals surface area contributed by atoms with Gasteiger partial charge in [-0.15, -0.1) is 0 Å². The van der Waals surface area contributed by atoms with Crippen LogP contribution >= 0.6 is 0 Å². The van der Waals surface area contributed by atoms with Crippen LogP contribution in [-0.2, 0) is 14.3 Å². The van der Waals surface area contributed by atoms with Gasteiger partial charge < -0.3 is 40.3 Å². The van der Waals surface area contributed by atoms with E-state index in [4.69, 9.17) is 9.47 Å². The molecule has 1 saturated heterocycles. The van der Waals surface area contributed by atoms with E-state index in [1.165, 1.54) is 334 Å². The Balaban J connectivity index is 2.07. The van der Waals surface area contributed by atoms with Crippen molar-refractivity contribution in [3.8, 4) is 0 Å². The fourth-order valence-corrected chi connectivity index (χ4v) is 12.5. The van der Waals surface area contributed by atoms with Gasteiger partial charge in [-0.3, -0.25) is 4.79 Å². The summed E-state index contributed by atoms with van der Waals surface area (Å²) >= 11 is 0. The van der Waals surface area contributed by atoms with E-state index in [-0.39, 0.29) is 12.5 Å². The third-order valence-corrected chi connectivity index (χ3v) is 18.4. The monoisotopic (exact) mass is 1210 g/mol. The summed E-state index contributed by atoms with van der Waals surface area (Å²) in [4.78, 5) is 13.1. The second kappa shape index (κ2) is 66.3. The average molecular weight is 1220 g/mol. The van der Waals surface area contributed by atoms with E-state index in [0.29, 0.717) is 6.42 Å². The van der Waals surface area contributed by atoms with E-state index < -0.39 is 49.5 Å². The van der Waals surface area contributed by atoms with Crippen molar-refractivity contribution >= 4 is 5.91 Å². The van der Waals surface area contributed by atoms with E-state index in [1.807, 2.05) is 6.08 Å². The number of aliphatic hydroxyl groups is 5. The molecule has 0 aromatic carbocycles. The second-order valence-corrected chi connectivity index (χ2v) is 26.8. The Kier molecular flexibility index (Phi) is 63.6. The van der Waals surface area contributed by atoms with Crippen molar-refractivity contribution in [3.63, 3.8) is 0 Å². The highest BCUT2D eigenvalue weighted by Gasteiger charge is 2.44. The van der Waals surface area contributed by atoms with Crippen LogP contribution in [0.4, 0.5) is 0 Å². The van der Waals surface area contributed by atoms with Gasteiger partial charge in [0.2, 0.25) is 5.91 Å². The predicted octanol–water partition coefficient (Wildman–Crippen LogP) is 21.4. The third-order valence-electron chi connectivity index (χ3n) is 18.4. The highest BCUT2D eigenvalue weighted by molar-refractivity contribution is 5.76. The van der Waals surface area contributed by atoms with Gasteiger partial charge in [-0.2, -0.15) is 0 Å². The number of hydrogen-bond acceptors (Lipinski definition) is 8. The minimum Gasteiger partial charge on any atom is -0.394 e. The van der Waals surface area contributed by atoms with Crippen LogP contribution in [0, 0.1) is 0 Å². The van der Waals surface area contributed by atoms with Gasteiger partial charge in [0.05, 0.1) is 25.4 Å². The largest absolute Gasteiger partial charge is 0.394 e. The van der Waals surface area contributed by atoms with Crippen molar-refractivity contribution in [2.75, 3.05) is 13.2 Å². The first-order chi connectivity index (χ1) is 42.3. The molecule has 6 N–H and O–H groups in total. The lowest BCUT2D eigenvalue weighted by molar-refractivity contribution is -0.302. The zero-order valence-electron chi connectivity index (χ0n) is 57.1. The number of unbranched alkanes of at least 4 members (excludes halogenated alkanes) is 54. The second-order valence-electron chi connectivity index (χ2n) is 26.8. The number of carbonyl (C=O) groups is 1. The number of rotatable bonds is 68. The molecule has 9 heteroatoms. The minimum atomic E-state index is -1.57. The quantitative estimate of drug-likeness (QED) is 0.0261. The van der Waals surface area contributed by atoms with Crippen LogP contribution < -0.4 is 5.32 Å². The molecule has 0 saturated carbocycles. The molecule has 7 unspecified atom stereocenters. The smallest absolute Gasteiger partial charge is 0.220 e. The standard InChI is InChI=1S/C77H147NO8/c1-3-5-7-9-11-13-15-17-19-21-23-25-27-29-30-31-32-33-34-35-36-37-38-39-40-41-42-43-45-47-49-51-53-55-57-59-61-63-65-67-73(81)78-70(69-85-77-76(84)75(83)74(82)72(68-79)86-77)71(80)66-64-62-60-58-56-54-52-50-48-46-44-28-26-24-22-20-18-16-14-12-10-8-6-4-2/h35-36,56,58,64,66,70-72,74-77,79-80,82-84H,3-34,37-55,57,59-63,65,67-69H2,1-2H3,(H,78,81)/b36-35-,58-56+,66-64+. The highest BCUT2D eigenvalue weighted by atomic mass is 16.7. The van der Waals surface area contributed by atoms with Crippen LogP contribution in [0.25, 0.3) is 0 Å². The molecule has 7 atom stereocenters. The van der Waals surface area contributed by atoms with Crippen molar-refractivity contribution in [3.05, 3.63) is 36.5 Å². The summed E-state index contributed by atoms with van der Waals surface area (Å²) in [5.41, 5.74) is 0. The van der Waals surface area contributed by atoms with Crippen LogP contribution in [0.5, 0.6) is 0 Å². The molecule has 1 heterocycles. The first-order valence-corrected chi connectivity index (χ1v) is 38.2. The molecule has 1 fully saturated rings. The predicted molar refractivity (Wildman–Crippen MR) is 369 cm³/mol. The first kappa shape index (κ1) is 82.4. The number of carbonyl (C=O) groups excluding carboxylic acids is 1.